The lowest BCUT2D eigenvalue weighted by atomic mass is 10.1. The highest BCUT2D eigenvalue weighted by atomic mass is 32.2. The Morgan fingerprint density at radius 3 is 2.56 bits per heavy atom. The van der Waals surface area contributed by atoms with Gasteiger partial charge in [-0.2, -0.15) is 0 Å². The fraction of sp³-hybridized carbons (Fsp3) is 0.320. The standard InChI is InChI=1S/C25H27N3O5S/c1-3-33-20-7-5-19(6-8-20)26-23(29)16-28-24(30)22(34-25(28)31)15-18-4-9-21(17(2)14-18)27-10-12-32-13-11-27/h4-9,14-15H,3,10-13,16H2,1-2H3,(H,26,29)/b22-15+. The molecule has 2 aromatic rings. The molecule has 0 spiro atoms. The van der Waals surface area contributed by atoms with Crippen LogP contribution in [-0.4, -0.2) is 61.4 Å². The summed E-state index contributed by atoms with van der Waals surface area (Å²) in [6, 6.07) is 12.9. The maximum absolute atomic E-state index is 12.8. The summed E-state index contributed by atoms with van der Waals surface area (Å²) in [4.78, 5) is 41.2. The predicted octanol–water partition coefficient (Wildman–Crippen LogP) is 3.91. The third-order valence-corrected chi connectivity index (χ3v) is 6.40. The van der Waals surface area contributed by atoms with Crippen molar-refractivity contribution in [2.24, 2.45) is 0 Å². The minimum atomic E-state index is -0.466. The van der Waals surface area contributed by atoms with E-state index in [1.165, 1.54) is 0 Å². The van der Waals surface area contributed by atoms with Crippen LogP contribution in [0.15, 0.2) is 47.4 Å². The van der Waals surface area contributed by atoms with Crippen LogP contribution < -0.4 is 15.0 Å². The van der Waals surface area contributed by atoms with Gasteiger partial charge in [0.25, 0.3) is 11.1 Å². The summed E-state index contributed by atoms with van der Waals surface area (Å²) >= 11 is 0.846. The van der Waals surface area contributed by atoms with Crippen molar-refractivity contribution in [1.29, 1.82) is 0 Å². The Labute approximate surface area is 202 Å². The zero-order valence-corrected chi connectivity index (χ0v) is 20.0. The number of hydrogen-bond donors (Lipinski definition) is 1. The van der Waals surface area contributed by atoms with Gasteiger partial charge in [0.2, 0.25) is 5.91 Å². The van der Waals surface area contributed by atoms with Gasteiger partial charge in [0, 0.05) is 24.5 Å². The minimum Gasteiger partial charge on any atom is -0.494 e. The van der Waals surface area contributed by atoms with Crippen LogP contribution in [0.2, 0.25) is 0 Å². The first-order chi connectivity index (χ1) is 16.4. The molecule has 0 bridgehead atoms. The summed E-state index contributed by atoms with van der Waals surface area (Å²) in [6.07, 6.45) is 1.70. The van der Waals surface area contributed by atoms with Crippen molar-refractivity contribution in [2.75, 3.05) is 49.7 Å². The number of carbonyl (C=O) groups excluding carboxylic acids is 3. The third kappa shape index (κ3) is 5.60. The van der Waals surface area contributed by atoms with Gasteiger partial charge in [0.1, 0.15) is 12.3 Å². The van der Waals surface area contributed by atoms with Crippen molar-refractivity contribution in [3.63, 3.8) is 0 Å². The Morgan fingerprint density at radius 2 is 1.88 bits per heavy atom. The summed E-state index contributed by atoms with van der Waals surface area (Å²) in [5.74, 6) is -0.213. The summed E-state index contributed by atoms with van der Waals surface area (Å²) in [6.45, 7) is 7.23. The second-order valence-corrected chi connectivity index (χ2v) is 8.91. The normalized spacial score (nSPS) is 17.4. The fourth-order valence-electron chi connectivity index (χ4n) is 3.86. The lowest BCUT2D eigenvalue weighted by Gasteiger charge is -2.30. The number of benzene rings is 2. The third-order valence-electron chi connectivity index (χ3n) is 5.49. The number of anilines is 2. The van der Waals surface area contributed by atoms with Crippen molar-refractivity contribution >= 4 is 46.3 Å². The molecule has 0 atom stereocenters. The molecule has 2 aliphatic rings. The van der Waals surface area contributed by atoms with Gasteiger partial charge >= 0.3 is 0 Å². The Hall–Kier alpha value is -3.30. The average molecular weight is 482 g/mol. The van der Waals surface area contributed by atoms with Crippen LogP contribution in [0.1, 0.15) is 18.1 Å². The summed E-state index contributed by atoms with van der Waals surface area (Å²) in [5.41, 5.74) is 3.62. The van der Waals surface area contributed by atoms with E-state index in [1.54, 1.807) is 30.3 Å². The van der Waals surface area contributed by atoms with E-state index in [-0.39, 0.29) is 6.54 Å². The molecule has 0 saturated carbocycles. The molecule has 4 rings (SSSR count). The van der Waals surface area contributed by atoms with Crippen LogP contribution in [-0.2, 0) is 14.3 Å². The Morgan fingerprint density at radius 1 is 1.15 bits per heavy atom. The van der Waals surface area contributed by atoms with Gasteiger partial charge in [-0.3, -0.25) is 19.3 Å². The molecule has 34 heavy (non-hydrogen) atoms. The molecule has 2 aliphatic heterocycles. The number of carbonyl (C=O) groups is 3. The highest BCUT2D eigenvalue weighted by Crippen LogP contribution is 2.33. The van der Waals surface area contributed by atoms with Gasteiger partial charge in [-0.25, -0.2) is 0 Å². The van der Waals surface area contributed by atoms with E-state index in [9.17, 15) is 14.4 Å². The molecule has 0 unspecified atom stereocenters. The zero-order chi connectivity index (χ0) is 24.1. The fourth-order valence-corrected chi connectivity index (χ4v) is 4.70. The number of ether oxygens (including phenoxy) is 2. The van der Waals surface area contributed by atoms with E-state index in [1.807, 2.05) is 32.0 Å². The van der Waals surface area contributed by atoms with Gasteiger partial charge < -0.3 is 19.7 Å². The molecule has 178 valence electrons. The van der Waals surface area contributed by atoms with Crippen molar-refractivity contribution in [1.82, 2.24) is 4.90 Å². The van der Waals surface area contributed by atoms with Crippen molar-refractivity contribution in [3.05, 3.63) is 58.5 Å². The van der Waals surface area contributed by atoms with Gasteiger partial charge in [-0.1, -0.05) is 6.07 Å². The number of thioether (sulfide) groups is 1. The maximum atomic E-state index is 12.8. The van der Waals surface area contributed by atoms with E-state index in [2.05, 4.69) is 10.2 Å². The van der Waals surface area contributed by atoms with E-state index in [4.69, 9.17) is 9.47 Å². The zero-order valence-electron chi connectivity index (χ0n) is 19.2. The van der Waals surface area contributed by atoms with Crippen molar-refractivity contribution in [2.45, 2.75) is 13.8 Å². The second kappa shape index (κ2) is 10.8. The Bertz CT molecular complexity index is 1110. The van der Waals surface area contributed by atoms with Gasteiger partial charge in [-0.15, -0.1) is 0 Å². The number of imide groups is 1. The van der Waals surface area contributed by atoms with Crippen molar-refractivity contribution < 1.29 is 23.9 Å². The number of aryl methyl sites for hydroxylation is 1. The molecule has 3 amide bonds. The molecule has 2 heterocycles. The van der Waals surface area contributed by atoms with Crippen LogP contribution in [0.5, 0.6) is 5.75 Å². The molecule has 1 N–H and O–H groups in total. The molecule has 0 aromatic heterocycles. The van der Waals surface area contributed by atoms with E-state index in [0.717, 1.165) is 46.6 Å². The molecular weight excluding hydrogens is 454 g/mol. The van der Waals surface area contributed by atoms with Crippen LogP contribution in [0, 0.1) is 6.92 Å². The topological polar surface area (TPSA) is 88.2 Å². The monoisotopic (exact) mass is 481 g/mol. The Kier molecular flexibility index (Phi) is 7.54. The van der Waals surface area contributed by atoms with Crippen molar-refractivity contribution in [3.8, 4) is 5.75 Å². The number of rotatable bonds is 7. The van der Waals surface area contributed by atoms with Gasteiger partial charge in [0.15, 0.2) is 0 Å². The number of hydrogen-bond acceptors (Lipinski definition) is 7. The minimum absolute atomic E-state index is 0.303. The highest BCUT2D eigenvalue weighted by Gasteiger charge is 2.36. The number of nitrogens with one attached hydrogen (secondary N) is 1. The molecule has 2 saturated heterocycles. The molecule has 0 aliphatic carbocycles. The molecular formula is C25H27N3O5S. The highest BCUT2D eigenvalue weighted by molar-refractivity contribution is 8.18. The molecule has 2 aromatic carbocycles. The molecule has 8 nitrogen and oxygen atoms in total. The first-order valence-corrected chi connectivity index (χ1v) is 12.0. The van der Waals surface area contributed by atoms with Crippen LogP contribution in [0.3, 0.4) is 0 Å². The summed E-state index contributed by atoms with van der Waals surface area (Å²) in [7, 11) is 0. The average Bonchev–Trinajstić information content (AvgIpc) is 3.08. The first-order valence-electron chi connectivity index (χ1n) is 11.2. The lowest BCUT2D eigenvalue weighted by molar-refractivity contribution is -0.127. The predicted molar refractivity (Wildman–Crippen MR) is 133 cm³/mol. The molecule has 9 heteroatoms. The van der Waals surface area contributed by atoms with Gasteiger partial charge in [0.05, 0.1) is 24.7 Å². The van der Waals surface area contributed by atoms with E-state index < -0.39 is 17.1 Å². The van der Waals surface area contributed by atoms with Gasteiger partial charge in [-0.05, 0) is 79.2 Å². The quantitative estimate of drug-likeness (QED) is 0.600. The number of morpholine rings is 1. The van der Waals surface area contributed by atoms with Crippen LogP contribution in [0.25, 0.3) is 6.08 Å². The summed E-state index contributed by atoms with van der Waals surface area (Å²) < 4.78 is 10.8. The largest absolute Gasteiger partial charge is 0.494 e. The van der Waals surface area contributed by atoms with Crippen LogP contribution >= 0.6 is 11.8 Å². The molecule has 0 radical (unpaired) electrons. The second-order valence-electron chi connectivity index (χ2n) is 7.92. The number of amides is 3. The summed E-state index contributed by atoms with van der Waals surface area (Å²) in [5, 5.41) is 2.25. The SMILES string of the molecule is CCOc1ccc(NC(=O)CN2C(=O)S/C(=C/c3ccc(N4CCOCC4)c(C)c3)C2=O)cc1. The first kappa shape index (κ1) is 23.8. The van der Waals surface area contributed by atoms with Crippen LogP contribution in [0.4, 0.5) is 16.2 Å². The maximum Gasteiger partial charge on any atom is 0.294 e. The number of nitrogens with zero attached hydrogens (tertiary/aromatic N) is 2. The molecule has 2 fully saturated rings. The van der Waals surface area contributed by atoms with E-state index >= 15 is 0 Å². The lowest BCUT2D eigenvalue weighted by Crippen LogP contribution is -2.36. The van der Waals surface area contributed by atoms with E-state index in [0.29, 0.717) is 36.2 Å². The Balaban J connectivity index is 1.39. The smallest absolute Gasteiger partial charge is 0.294 e.